The van der Waals surface area contributed by atoms with Crippen LogP contribution in [0.1, 0.15) is 27.7 Å². The number of hydrogen-bond donors (Lipinski definition) is 2. The normalized spacial score (nSPS) is 15.0. The second-order valence-corrected chi connectivity index (χ2v) is 6.31. The van der Waals surface area contributed by atoms with Crippen molar-refractivity contribution in [3.8, 4) is 6.07 Å². The van der Waals surface area contributed by atoms with Crippen molar-refractivity contribution in [1.29, 1.82) is 5.26 Å². The first-order valence-corrected chi connectivity index (χ1v) is 7.75. The summed E-state index contributed by atoms with van der Waals surface area (Å²) in [5.74, 6) is -0.317. The smallest absolute Gasteiger partial charge is 0.256 e. The number of nitrogen functional groups attached to an aromatic ring is 1. The molecule has 3 rings (SSSR count). The number of benzene rings is 1. The quantitative estimate of drug-likeness (QED) is 0.885. The molecular formula is C16H15N3O2S. The standard InChI is InChI=1S/C16H15N3O2S/c17-8-12-11-6-7-19(9-13(11)22-15(12)18)16(21)14(20)10-4-2-1-3-5-10/h1-5,14,20H,6-7,9,18H2. The van der Waals surface area contributed by atoms with Crippen LogP contribution in [0, 0.1) is 11.3 Å². The predicted octanol–water partition coefficient (Wildman–Crippen LogP) is 1.82. The third-order valence-electron chi connectivity index (χ3n) is 3.86. The van der Waals surface area contributed by atoms with E-state index in [0.717, 1.165) is 10.4 Å². The number of anilines is 1. The molecule has 22 heavy (non-hydrogen) atoms. The molecule has 1 aliphatic rings. The number of fused-ring (bicyclic) bond motifs is 1. The van der Waals surface area contributed by atoms with Crippen molar-refractivity contribution in [2.75, 3.05) is 12.3 Å². The first kappa shape index (κ1) is 14.6. The zero-order chi connectivity index (χ0) is 15.7. The molecule has 5 nitrogen and oxygen atoms in total. The van der Waals surface area contributed by atoms with Gasteiger partial charge in [0.25, 0.3) is 5.91 Å². The summed E-state index contributed by atoms with van der Waals surface area (Å²) in [6, 6.07) is 11.0. The van der Waals surface area contributed by atoms with Crippen molar-refractivity contribution in [3.63, 3.8) is 0 Å². The molecule has 112 valence electrons. The fraction of sp³-hybridized carbons (Fsp3) is 0.250. The SMILES string of the molecule is N#Cc1c(N)sc2c1CCN(C(=O)C(O)c1ccccc1)C2. The average Bonchev–Trinajstić information content (AvgIpc) is 2.88. The molecule has 1 atom stereocenters. The minimum absolute atomic E-state index is 0.317. The summed E-state index contributed by atoms with van der Waals surface area (Å²) in [6.45, 7) is 0.884. The lowest BCUT2D eigenvalue weighted by Crippen LogP contribution is -2.38. The molecule has 1 unspecified atom stereocenters. The Morgan fingerprint density at radius 2 is 2.14 bits per heavy atom. The van der Waals surface area contributed by atoms with Gasteiger partial charge in [-0.15, -0.1) is 11.3 Å². The van der Waals surface area contributed by atoms with Gasteiger partial charge in [-0.2, -0.15) is 5.26 Å². The second kappa shape index (κ2) is 5.79. The second-order valence-electron chi connectivity index (χ2n) is 5.18. The zero-order valence-corrected chi connectivity index (χ0v) is 12.6. The van der Waals surface area contributed by atoms with Crippen molar-refractivity contribution in [2.24, 2.45) is 0 Å². The van der Waals surface area contributed by atoms with E-state index in [1.165, 1.54) is 11.3 Å². The molecule has 1 amide bonds. The minimum Gasteiger partial charge on any atom is -0.389 e. The number of amides is 1. The molecule has 6 heteroatoms. The number of rotatable bonds is 2. The van der Waals surface area contributed by atoms with Crippen LogP contribution < -0.4 is 5.73 Å². The van der Waals surface area contributed by atoms with E-state index in [9.17, 15) is 9.90 Å². The number of thiophene rings is 1. The highest BCUT2D eigenvalue weighted by molar-refractivity contribution is 7.16. The first-order valence-electron chi connectivity index (χ1n) is 6.93. The minimum atomic E-state index is -1.16. The van der Waals surface area contributed by atoms with Gasteiger partial charge in [0.1, 0.15) is 11.1 Å². The number of carbonyl (C=O) groups excluding carboxylic acids is 1. The lowest BCUT2D eigenvalue weighted by Gasteiger charge is -2.29. The van der Waals surface area contributed by atoms with Gasteiger partial charge in [0, 0.05) is 11.4 Å². The Labute approximate surface area is 132 Å². The highest BCUT2D eigenvalue weighted by atomic mass is 32.1. The third-order valence-corrected chi connectivity index (χ3v) is 4.90. The van der Waals surface area contributed by atoms with Crippen LogP contribution >= 0.6 is 11.3 Å². The maximum absolute atomic E-state index is 12.5. The van der Waals surface area contributed by atoms with E-state index < -0.39 is 6.10 Å². The van der Waals surface area contributed by atoms with Gasteiger partial charge in [-0.3, -0.25) is 4.79 Å². The largest absolute Gasteiger partial charge is 0.389 e. The third kappa shape index (κ3) is 2.45. The summed E-state index contributed by atoms with van der Waals surface area (Å²) >= 11 is 1.35. The summed E-state index contributed by atoms with van der Waals surface area (Å²) in [5.41, 5.74) is 7.92. The number of nitriles is 1. The molecule has 2 aromatic rings. The molecule has 2 heterocycles. The van der Waals surface area contributed by atoms with E-state index in [0.29, 0.717) is 35.6 Å². The van der Waals surface area contributed by atoms with Crippen LogP contribution in [-0.4, -0.2) is 22.5 Å². The fourth-order valence-electron chi connectivity index (χ4n) is 2.69. The van der Waals surface area contributed by atoms with Crippen molar-refractivity contribution in [1.82, 2.24) is 4.90 Å². The van der Waals surface area contributed by atoms with E-state index in [-0.39, 0.29) is 5.91 Å². The summed E-state index contributed by atoms with van der Waals surface area (Å²) in [6.07, 6.45) is -0.561. The van der Waals surface area contributed by atoms with Crippen LogP contribution in [-0.2, 0) is 17.8 Å². The van der Waals surface area contributed by atoms with Crippen LogP contribution in [0.4, 0.5) is 5.00 Å². The lowest BCUT2D eigenvalue weighted by molar-refractivity contribution is -0.141. The van der Waals surface area contributed by atoms with Crippen LogP contribution in [0.3, 0.4) is 0 Å². The number of aliphatic hydroxyl groups excluding tert-OH is 1. The Bertz CT molecular complexity index is 749. The summed E-state index contributed by atoms with van der Waals surface area (Å²) < 4.78 is 0. The fourth-order valence-corrected chi connectivity index (χ4v) is 3.77. The van der Waals surface area contributed by atoms with Gasteiger partial charge in [-0.05, 0) is 17.5 Å². The Morgan fingerprint density at radius 1 is 1.41 bits per heavy atom. The van der Waals surface area contributed by atoms with Gasteiger partial charge >= 0.3 is 0 Å². The van der Waals surface area contributed by atoms with Gasteiger partial charge in [0.05, 0.1) is 12.1 Å². The van der Waals surface area contributed by atoms with Crippen molar-refractivity contribution >= 4 is 22.2 Å². The number of hydrogen-bond acceptors (Lipinski definition) is 5. The van der Waals surface area contributed by atoms with Gasteiger partial charge in [0.2, 0.25) is 0 Å². The zero-order valence-electron chi connectivity index (χ0n) is 11.8. The highest BCUT2D eigenvalue weighted by Gasteiger charge is 2.29. The van der Waals surface area contributed by atoms with Gasteiger partial charge in [-0.25, -0.2) is 0 Å². The number of carbonyl (C=O) groups is 1. The Hall–Kier alpha value is -2.36. The monoisotopic (exact) mass is 313 g/mol. The molecular weight excluding hydrogens is 298 g/mol. The van der Waals surface area contributed by atoms with Crippen LogP contribution in [0.2, 0.25) is 0 Å². The molecule has 1 aromatic carbocycles. The Morgan fingerprint density at radius 3 is 2.82 bits per heavy atom. The predicted molar refractivity (Wildman–Crippen MR) is 84.0 cm³/mol. The molecule has 1 aromatic heterocycles. The maximum atomic E-state index is 12.5. The Kier molecular flexibility index (Phi) is 3.84. The number of aliphatic hydroxyl groups is 1. The topological polar surface area (TPSA) is 90.4 Å². The van der Waals surface area contributed by atoms with Crippen LogP contribution in [0.5, 0.6) is 0 Å². The Balaban J connectivity index is 1.80. The first-order chi connectivity index (χ1) is 10.6. The van der Waals surface area contributed by atoms with E-state index in [1.54, 1.807) is 29.2 Å². The molecule has 0 aliphatic carbocycles. The summed E-state index contributed by atoms with van der Waals surface area (Å²) in [7, 11) is 0. The van der Waals surface area contributed by atoms with Crippen molar-refractivity contribution in [2.45, 2.75) is 19.1 Å². The molecule has 0 spiro atoms. The molecule has 0 saturated heterocycles. The van der Waals surface area contributed by atoms with Crippen molar-refractivity contribution < 1.29 is 9.90 Å². The van der Waals surface area contributed by atoms with Crippen LogP contribution in [0.15, 0.2) is 30.3 Å². The average molecular weight is 313 g/mol. The number of nitrogens with zero attached hydrogens (tertiary/aromatic N) is 2. The molecule has 3 N–H and O–H groups in total. The lowest BCUT2D eigenvalue weighted by atomic mass is 10.0. The van der Waals surface area contributed by atoms with E-state index in [2.05, 4.69) is 6.07 Å². The van der Waals surface area contributed by atoms with Crippen LogP contribution in [0.25, 0.3) is 0 Å². The van der Waals surface area contributed by atoms with Gasteiger partial charge in [0.15, 0.2) is 6.10 Å². The van der Waals surface area contributed by atoms with E-state index in [1.807, 2.05) is 6.07 Å². The molecule has 0 radical (unpaired) electrons. The van der Waals surface area contributed by atoms with Crippen molar-refractivity contribution in [3.05, 3.63) is 51.9 Å². The van der Waals surface area contributed by atoms with Gasteiger partial charge in [-0.1, -0.05) is 30.3 Å². The molecule has 0 saturated carbocycles. The summed E-state index contributed by atoms with van der Waals surface area (Å²) in [5, 5.41) is 19.9. The molecule has 0 fully saturated rings. The van der Waals surface area contributed by atoms with E-state index in [4.69, 9.17) is 11.0 Å². The maximum Gasteiger partial charge on any atom is 0.256 e. The number of nitrogens with two attached hydrogens (primary N) is 1. The van der Waals surface area contributed by atoms with Gasteiger partial charge < -0.3 is 15.7 Å². The molecule has 1 aliphatic heterocycles. The van der Waals surface area contributed by atoms with E-state index >= 15 is 0 Å². The summed E-state index contributed by atoms with van der Waals surface area (Å²) in [4.78, 5) is 15.0. The highest BCUT2D eigenvalue weighted by Crippen LogP contribution is 2.35. The molecule has 0 bridgehead atoms.